The van der Waals surface area contributed by atoms with Crippen LogP contribution in [0.5, 0.6) is 0 Å². The Morgan fingerprint density at radius 2 is 1.67 bits per heavy atom. The zero-order chi connectivity index (χ0) is 19.4. The van der Waals surface area contributed by atoms with Crippen LogP contribution in [0, 0.1) is 6.92 Å². The summed E-state index contributed by atoms with van der Waals surface area (Å²) < 4.78 is 50.7. The molecular weight excluding hydrogens is 372 g/mol. The minimum Gasteiger partial charge on any atom is -0.379 e. The molecule has 0 saturated carbocycles. The standard InChI is InChI=1S/C19H30O7S/c1-17-6-8-18(9-7-17)27(20,21)26-16-15-23-14-13-22-10-4-12-25-19-5-2-3-11-24-19/h6-9,19H,2-5,10-16H2,1H3. The first-order valence-electron chi connectivity index (χ1n) is 9.43. The lowest BCUT2D eigenvalue weighted by Gasteiger charge is -2.22. The van der Waals surface area contributed by atoms with Gasteiger partial charge in [0.05, 0.1) is 37.9 Å². The highest BCUT2D eigenvalue weighted by molar-refractivity contribution is 7.86. The van der Waals surface area contributed by atoms with Crippen LogP contribution < -0.4 is 0 Å². The lowest BCUT2D eigenvalue weighted by atomic mass is 10.2. The van der Waals surface area contributed by atoms with E-state index in [0.717, 1.165) is 37.9 Å². The molecule has 8 heteroatoms. The van der Waals surface area contributed by atoms with Crippen molar-refractivity contribution < 1.29 is 31.5 Å². The highest BCUT2D eigenvalue weighted by Crippen LogP contribution is 2.14. The molecule has 0 spiro atoms. The van der Waals surface area contributed by atoms with Gasteiger partial charge in [0, 0.05) is 13.2 Å². The molecule has 0 radical (unpaired) electrons. The van der Waals surface area contributed by atoms with Crippen LogP contribution in [0.2, 0.25) is 0 Å². The topological polar surface area (TPSA) is 80.3 Å². The number of hydrogen-bond donors (Lipinski definition) is 0. The van der Waals surface area contributed by atoms with Gasteiger partial charge in [-0.15, -0.1) is 0 Å². The number of ether oxygens (including phenoxy) is 4. The third kappa shape index (κ3) is 9.14. The minimum absolute atomic E-state index is 0.0224. The average Bonchev–Trinajstić information content (AvgIpc) is 2.67. The van der Waals surface area contributed by atoms with Gasteiger partial charge in [0.1, 0.15) is 0 Å². The van der Waals surface area contributed by atoms with Crippen LogP contribution in [0.15, 0.2) is 29.2 Å². The van der Waals surface area contributed by atoms with E-state index in [1.165, 1.54) is 12.1 Å². The largest absolute Gasteiger partial charge is 0.379 e. The lowest BCUT2D eigenvalue weighted by molar-refractivity contribution is -0.164. The molecule has 7 nitrogen and oxygen atoms in total. The normalized spacial score (nSPS) is 17.9. The van der Waals surface area contributed by atoms with Crippen LogP contribution >= 0.6 is 0 Å². The van der Waals surface area contributed by atoms with Crippen LogP contribution in [-0.2, 0) is 33.2 Å². The molecule has 0 amide bonds. The van der Waals surface area contributed by atoms with Gasteiger partial charge in [-0.3, -0.25) is 4.18 Å². The summed E-state index contributed by atoms with van der Waals surface area (Å²) in [6.45, 7) is 4.90. The summed E-state index contributed by atoms with van der Waals surface area (Å²) in [6, 6.07) is 6.53. The minimum atomic E-state index is -3.73. The fourth-order valence-corrected chi connectivity index (χ4v) is 3.41. The highest BCUT2D eigenvalue weighted by Gasteiger charge is 2.14. The molecule has 0 N–H and O–H groups in total. The third-order valence-electron chi connectivity index (χ3n) is 4.02. The Morgan fingerprint density at radius 3 is 2.37 bits per heavy atom. The van der Waals surface area contributed by atoms with Crippen molar-refractivity contribution in [1.82, 2.24) is 0 Å². The molecule has 0 aromatic heterocycles. The fraction of sp³-hybridized carbons (Fsp3) is 0.684. The average molecular weight is 403 g/mol. The molecule has 2 rings (SSSR count). The van der Waals surface area contributed by atoms with Crippen LogP contribution in [-0.4, -0.2) is 61.0 Å². The van der Waals surface area contributed by atoms with Gasteiger partial charge in [0.2, 0.25) is 0 Å². The maximum absolute atomic E-state index is 12.0. The first kappa shape index (κ1) is 22.3. The maximum atomic E-state index is 12.0. The second-order valence-electron chi connectivity index (χ2n) is 6.33. The highest BCUT2D eigenvalue weighted by atomic mass is 32.2. The summed E-state index contributed by atoms with van der Waals surface area (Å²) in [4.78, 5) is 0.150. The molecule has 1 aliphatic heterocycles. The first-order chi connectivity index (χ1) is 13.1. The summed E-state index contributed by atoms with van der Waals surface area (Å²) in [6.07, 6.45) is 3.99. The van der Waals surface area contributed by atoms with E-state index >= 15 is 0 Å². The summed E-state index contributed by atoms with van der Waals surface area (Å²) >= 11 is 0. The van der Waals surface area contributed by atoms with Gasteiger partial charge in [-0.05, 0) is 44.7 Å². The number of hydrogen-bond acceptors (Lipinski definition) is 7. The summed E-state index contributed by atoms with van der Waals surface area (Å²) in [5, 5.41) is 0. The summed E-state index contributed by atoms with van der Waals surface area (Å²) in [5.74, 6) is 0. The van der Waals surface area contributed by atoms with Gasteiger partial charge in [0.25, 0.3) is 10.1 Å². The molecular formula is C19H30O7S. The second kappa shape index (κ2) is 12.4. The number of benzene rings is 1. The molecule has 154 valence electrons. The van der Waals surface area contributed by atoms with Crippen molar-refractivity contribution in [1.29, 1.82) is 0 Å². The van der Waals surface area contributed by atoms with E-state index in [2.05, 4.69) is 0 Å². The van der Waals surface area contributed by atoms with E-state index in [-0.39, 0.29) is 24.4 Å². The fourth-order valence-electron chi connectivity index (χ4n) is 2.52. The van der Waals surface area contributed by atoms with E-state index < -0.39 is 10.1 Å². The van der Waals surface area contributed by atoms with Gasteiger partial charge in [-0.1, -0.05) is 17.7 Å². The quantitative estimate of drug-likeness (QED) is 0.371. The van der Waals surface area contributed by atoms with Crippen molar-refractivity contribution in [2.75, 3.05) is 46.2 Å². The number of rotatable bonds is 13. The van der Waals surface area contributed by atoms with Crippen molar-refractivity contribution in [2.24, 2.45) is 0 Å². The zero-order valence-electron chi connectivity index (χ0n) is 15.9. The van der Waals surface area contributed by atoms with E-state index in [0.29, 0.717) is 26.4 Å². The Labute approximate surface area is 162 Å². The SMILES string of the molecule is Cc1ccc(S(=O)(=O)OCCOCCOCCCOC2CCCCO2)cc1. The molecule has 1 atom stereocenters. The van der Waals surface area contributed by atoms with Gasteiger partial charge in [-0.2, -0.15) is 8.42 Å². The predicted octanol–water partition coefficient (Wildman–Crippen LogP) is 2.67. The Kier molecular flexibility index (Phi) is 10.3. The molecule has 1 aromatic rings. The zero-order valence-corrected chi connectivity index (χ0v) is 16.7. The van der Waals surface area contributed by atoms with Crippen LogP contribution in [0.25, 0.3) is 0 Å². The van der Waals surface area contributed by atoms with Gasteiger partial charge < -0.3 is 18.9 Å². The van der Waals surface area contributed by atoms with Crippen molar-refractivity contribution in [2.45, 2.75) is 43.8 Å². The summed E-state index contributed by atoms with van der Waals surface area (Å²) in [5.41, 5.74) is 0.992. The molecule has 1 heterocycles. The second-order valence-corrected chi connectivity index (χ2v) is 7.95. The molecule has 1 fully saturated rings. The van der Waals surface area contributed by atoms with E-state index in [1.54, 1.807) is 12.1 Å². The molecule has 1 saturated heterocycles. The van der Waals surface area contributed by atoms with Crippen molar-refractivity contribution >= 4 is 10.1 Å². The van der Waals surface area contributed by atoms with Crippen LogP contribution in [0.1, 0.15) is 31.2 Å². The van der Waals surface area contributed by atoms with Gasteiger partial charge in [-0.25, -0.2) is 0 Å². The van der Waals surface area contributed by atoms with Crippen molar-refractivity contribution in [3.05, 3.63) is 29.8 Å². The predicted molar refractivity (Wildman–Crippen MR) is 100 cm³/mol. The monoisotopic (exact) mass is 402 g/mol. The van der Waals surface area contributed by atoms with Gasteiger partial charge in [0.15, 0.2) is 6.29 Å². The Balaban J connectivity index is 1.41. The van der Waals surface area contributed by atoms with Crippen LogP contribution in [0.4, 0.5) is 0 Å². The smallest absolute Gasteiger partial charge is 0.297 e. The maximum Gasteiger partial charge on any atom is 0.297 e. The molecule has 27 heavy (non-hydrogen) atoms. The van der Waals surface area contributed by atoms with E-state index in [9.17, 15) is 8.42 Å². The Bertz CT molecular complexity index is 609. The molecule has 0 bridgehead atoms. The van der Waals surface area contributed by atoms with Crippen molar-refractivity contribution in [3.8, 4) is 0 Å². The van der Waals surface area contributed by atoms with Crippen LogP contribution in [0.3, 0.4) is 0 Å². The summed E-state index contributed by atoms with van der Waals surface area (Å²) in [7, 11) is -3.73. The molecule has 0 aliphatic carbocycles. The molecule has 1 aromatic carbocycles. The Hall–Kier alpha value is -1.03. The molecule has 1 unspecified atom stereocenters. The molecule has 1 aliphatic rings. The number of aryl methyl sites for hydroxylation is 1. The first-order valence-corrected chi connectivity index (χ1v) is 10.8. The van der Waals surface area contributed by atoms with Crippen molar-refractivity contribution in [3.63, 3.8) is 0 Å². The van der Waals surface area contributed by atoms with E-state index in [4.69, 9.17) is 23.1 Å². The third-order valence-corrected chi connectivity index (χ3v) is 5.35. The lowest BCUT2D eigenvalue weighted by Crippen LogP contribution is -2.23. The van der Waals surface area contributed by atoms with E-state index in [1.807, 2.05) is 6.92 Å². The van der Waals surface area contributed by atoms with Gasteiger partial charge >= 0.3 is 0 Å². The Morgan fingerprint density at radius 1 is 0.963 bits per heavy atom.